The van der Waals surface area contributed by atoms with Crippen LogP contribution < -0.4 is 14.9 Å². The van der Waals surface area contributed by atoms with Crippen molar-refractivity contribution in [3.05, 3.63) is 57.9 Å². The van der Waals surface area contributed by atoms with E-state index in [0.29, 0.717) is 12.2 Å². The fourth-order valence-electron chi connectivity index (χ4n) is 4.58. The van der Waals surface area contributed by atoms with Gasteiger partial charge in [0.15, 0.2) is 9.84 Å². The molecular weight excluding hydrogens is 475 g/mol. The van der Waals surface area contributed by atoms with Gasteiger partial charge in [0.25, 0.3) is 0 Å². The molecule has 0 bridgehead atoms. The Labute approximate surface area is 192 Å². The number of alkyl halides is 3. The van der Waals surface area contributed by atoms with E-state index in [1.807, 2.05) is 0 Å². The van der Waals surface area contributed by atoms with Crippen LogP contribution in [0.5, 0.6) is 11.5 Å². The highest BCUT2D eigenvalue weighted by Crippen LogP contribution is 2.42. The number of fused-ring (bicyclic) bond motifs is 3. The summed E-state index contributed by atoms with van der Waals surface area (Å²) in [6.45, 7) is 0.190. The second-order valence-corrected chi connectivity index (χ2v) is 10.6. The number of rotatable bonds is 3. The monoisotopic (exact) mass is 495 g/mol. The van der Waals surface area contributed by atoms with Gasteiger partial charge in [-0.05, 0) is 24.6 Å². The third kappa shape index (κ3) is 3.82. The first-order chi connectivity index (χ1) is 16.1. The second kappa shape index (κ2) is 8.02. The number of ether oxygens (including phenoxy) is 2. The number of hydrogen-bond acceptors (Lipinski definition) is 7. The molecular formula is C23H20F3NO6S. The van der Waals surface area contributed by atoms with E-state index in [1.165, 1.54) is 37.4 Å². The molecule has 1 saturated heterocycles. The smallest absolute Gasteiger partial charge is 0.450 e. The van der Waals surface area contributed by atoms with Crippen molar-refractivity contribution in [2.45, 2.75) is 25.2 Å². The number of benzene rings is 2. The second-order valence-electron chi connectivity index (χ2n) is 8.33. The van der Waals surface area contributed by atoms with E-state index in [2.05, 4.69) is 0 Å². The van der Waals surface area contributed by atoms with E-state index >= 15 is 0 Å². The third-order valence-electron chi connectivity index (χ3n) is 6.23. The molecule has 1 atom stereocenters. The van der Waals surface area contributed by atoms with Crippen LogP contribution in [0.4, 0.5) is 13.2 Å². The average Bonchev–Trinajstić information content (AvgIpc) is 3.17. The van der Waals surface area contributed by atoms with E-state index in [-0.39, 0.29) is 58.7 Å². The molecule has 180 valence electrons. The number of nitrogens with zero attached hydrogens (tertiary/aromatic N) is 1. The molecule has 1 fully saturated rings. The van der Waals surface area contributed by atoms with Crippen molar-refractivity contribution in [1.29, 1.82) is 0 Å². The van der Waals surface area contributed by atoms with Gasteiger partial charge in [-0.1, -0.05) is 18.2 Å². The Hall–Kier alpha value is -3.05. The largest absolute Gasteiger partial charge is 0.496 e. The molecule has 34 heavy (non-hydrogen) atoms. The summed E-state index contributed by atoms with van der Waals surface area (Å²) in [5, 5.41) is -0.0304. The highest BCUT2D eigenvalue weighted by atomic mass is 32.2. The predicted molar refractivity (Wildman–Crippen MR) is 118 cm³/mol. The van der Waals surface area contributed by atoms with Gasteiger partial charge < -0.3 is 13.9 Å². The Bertz CT molecular complexity index is 1450. The molecule has 0 amide bonds. The topological polar surface area (TPSA) is 86.1 Å². The van der Waals surface area contributed by atoms with Gasteiger partial charge in [-0.25, -0.2) is 8.42 Å². The van der Waals surface area contributed by atoms with Crippen LogP contribution in [0, 0.1) is 0 Å². The number of halogens is 3. The van der Waals surface area contributed by atoms with E-state index in [4.69, 9.17) is 13.9 Å². The predicted octanol–water partition coefficient (Wildman–Crippen LogP) is 3.83. The maximum atomic E-state index is 14.1. The first-order valence-corrected chi connectivity index (χ1v) is 12.3. The number of para-hydroxylation sites is 1. The summed E-state index contributed by atoms with van der Waals surface area (Å²) in [7, 11) is -1.87. The zero-order valence-electron chi connectivity index (χ0n) is 18.0. The van der Waals surface area contributed by atoms with E-state index < -0.39 is 32.8 Å². The molecule has 7 nitrogen and oxygen atoms in total. The summed E-state index contributed by atoms with van der Waals surface area (Å²) in [6.07, 6.45) is -4.55. The molecule has 2 aromatic carbocycles. The maximum Gasteiger partial charge on any atom is 0.450 e. The van der Waals surface area contributed by atoms with Gasteiger partial charge in [0.1, 0.15) is 23.8 Å². The average molecular weight is 495 g/mol. The molecule has 3 heterocycles. The molecule has 0 spiro atoms. The van der Waals surface area contributed by atoms with E-state index in [1.54, 1.807) is 11.0 Å². The molecule has 2 aliphatic heterocycles. The lowest BCUT2D eigenvalue weighted by molar-refractivity contribution is -0.152. The summed E-state index contributed by atoms with van der Waals surface area (Å²) in [5.41, 5.74) is -1.45. The molecule has 0 aliphatic carbocycles. The van der Waals surface area contributed by atoms with Crippen LogP contribution in [0.2, 0.25) is 0 Å². The summed E-state index contributed by atoms with van der Waals surface area (Å²) in [5.74, 6) is -1.03. The van der Waals surface area contributed by atoms with Crippen LogP contribution >= 0.6 is 0 Å². The summed E-state index contributed by atoms with van der Waals surface area (Å²) in [6, 6.07) is 8.52. The molecule has 11 heteroatoms. The van der Waals surface area contributed by atoms with Crippen molar-refractivity contribution in [2.24, 2.45) is 0 Å². The van der Waals surface area contributed by atoms with Crippen molar-refractivity contribution in [3.8, 4) is 22.6 Å². The van der Waals surface area contributed by atoms with Crippen molar-refractivity contribution < 1.29 is 35.5 Å². The van der Waals surface area contributed by atoms with Gasteiger partial charge in [0, 0.05) is 18.2 Å². The lowest BCUT2D eigenvalue weighted by atomic mass is 9.99. The summed E-state index contributed by atoms with van der Waals surface area (Å²) >= 11 is 0. The van der Waals surface area contributed by atoms with Crippen molar-refractivity contribution >= 4 is 20.8 Å². The number of hydrogen-bond donors (Lipinski definition) is 0. The van der Waals surface area contributed by atoms with E-state index in [9.17, 15) is 26.4 Å². The summed E-state index contributed by atoms with van der Waals surface area (Å²) in [4.78, 5) is 15.2. The normalized spacial score (nSPS) is 20.2. The molecule has 5 rings (SSSR count). The molecule has 1 aromatic heterocycles. The lowest BCUT2D eigenvalue weighted by Crippen LogP contribution is -2.41. The van der Waals surface area contributed by atoms with Gasteiger partial charge in [-0.15, -0.1) is 0 Å². The van der Waals surface area contributed by atoms with Crippen LogP contribution in [0.3, 0.4) is 0 Å². The maximum absolute atomic E-state index is 14.1. The highest BCUT2D eigenvalue weighted by molar-refractivity contribution is 7.91. The Morgan fingerprint density at radius 1 is 1.15 bits per heavy atom. The van der Waals surface area contributed by atoms with Crippen LogP contribution in [0.15, 0.2) is 45.6 Å². The zero-order valence-corrected chi connectivity index (χ0v) is 18.8. The Balaban J connectivity index is 1.71. The van der Waals surface area contributed by atoms with Gasteiger partial charge in [0.2, 0.25) is 11.2 Å². The molecule has 0 N–H and O–H groups in total. The van der Waals surface area contributed by atoms with Crippen LogP contribution in [0.1, 0.15) is 17.7 Å². The highest BCUT2D eigenvalue weighted by Gasteiger charge is 2.41. The SMILES string of the molecule is COc1ccccc1-c1c(C(F)(F)F)oc2c3c(ccc2c1=O)OCN(C1CCS(=O)(=O)C1)C3. The minimum atomic E-state index is -4.96. The van der Waals surface area contributed by atoms with Gasteiger partial charge in [-0.3, -0.25) is 9.69 Å². The number of sulfone groups is 1. The molecule has 2 aliphatic rings. The Morgan fingerprint density at radius 2 is 1.91 bits per heavy atom. The molecule has 3 aromatic rings. The Morgan fingerprint density at radius 3 is 2.59 bits per heavy atom. The fraction of sp³-hybridized carbons (Fsp3) is 0.348. The van der Waals surface area contributed by atoms with Crippen molar-refractivity contribution in [3.63, 3.8) is 0 Å². The third-order valence-corrected chi connectivity index (χ3v) is 7.98. The van der Waals surface area contributed by atoms with Crippen LogP contribution in [0.25, 0.3) is 22.1 Å². The van der Waals surface area contributed by atoms with Crippen molar-refractivity contribution in [1.82, 2.24) is 4.90 Å². The van der Waals surface area contributed by atoms with Gasteiger partial charge >= 0.3 is 6.18 Å². The lowest BCUT2D eigenvalue weighted by Gasteiger charge is -2.33. The van der Waals surface area contributed by atoms with Crippen LogP contribution in [-0.2, 0) is 22.6 Å². The fourth-order valence-corrected chi connectivity index (χ4v) is 6.34. The minimum absolute atomic E-state index is 0.0280. The molecule has 0 saturated carbocycles. The van der Waals surface area contributed by atoms with Crippen LogP contribution in [-0.4, -0.2) is 44.7 Å². The first kappa shape index (κ1) is 22.7. The van der Waals surface area contributed by atoms with E-state index in [0.717, 1.165) is 0 Å². The molecule has 1 unspecified atom stereocenters. The van der Waals surface area contributed by atoms with Gasteiger partial charge in [0.05, 0.1) is 35.1 Å². The first-order valence-electron chi connectivity index (χ1n) is 10.5. The van der Waals surface area contributed by atoms with Crippen molar-refractivity contribution in [2.75, 3.05) is 25.3 Å². The standard InChI is InChI=1S/C23H20F3NO6S/c1-31-17-5-3-2-4-14(17)19-20(28)15-6-7-18-16(21(15)33-22(19)23(24,25)26)10-27(12-32-18)13-8-9-34(29,30)11-13/h2-7,13H,8-12H2,1H3. The van der Waals surface area contributed by atoms with Gasteiger partial charge in [-0.2, -0.15) is 13.2 Å². The zero-order chi connectivity index (χ0) is 24.3. The Kier molecular flexibility index (Phi) is 5.36. The quantitative estimate of drug-likeness (QED) is 0.546. The molecule has 0 radical (unpaired) electrons. The number of methoxy groups -OCH3 is 1. The summed E-state index contributed by atoms with van der Waals surface area (Å²) < 4.78 is 82.5. The minimum Gasteiger partial charge on any atom is -0.496 e.